The number of aryl methyl sites for hydroxylation is 1. The Labute approximate surface area is 103 Å². The minimum absolute atomic E-state index is 0.0488. The van der Waals surface area contributed by atoms with Gasteiger partial charge in [-0.25, -0.2) is 5.06 Å². The van der Waals surface area contributed by atoms with Crippen LogP contribution < -0.4 is 0 Å². The van der Waals surface area contributed by atoms with Crippen molar-refractivity contribution in [3.05, 3.63) is 22.4 Å². The third-order valence-electron chi connectivity index (χ3n) is 2.65. The summed E-state index contributed by atoms with van der Waals surface area (Å²) in [5, 5.41) is 1.47. The highest BCUT2D eigenvalue weighted by atomic mass is 79.9. The highest BCUT2D eigenvalue weighted by Crippen LogP contribution is 2.18. The fourth-order valence-corrected chi connectivity index (χ4v) is 2.26. The summed E-state index contributed by atoms with van der Waals surface area (Å²) in [6.45, 7) is 4.12. The van der Waals surface area contributed by atoms with E-state index in [-0.39, 0.29) is 5.91 Å². The van der Waals surface area contributed by atoms with Crippen molar-refractivity contribution in [2.45, 2.75) is 26.3 Å². The first-order valence-corrected chi connectivity index (χ1v) is 6.32. The van der Waals surface area contributed by atoms with Gasteiger partial charge in [-0.1, -0.05) is 0 Å². The van der Waals surface area contributed by atoms with Gasteiger partial charge in [-0.15, -0.1) is 0 Å². The Morgan fingerprint density at radius 3 is 3.00 bits per heavy atom. The van der Waals surface area contributed by atoms with E-state index >= 15 is 0 Å². The summed E-state index contributed by atoms with van der Waals surface area (Å²) in [7, 11) is 0. The average molecular weight is 287 g/mol. The fraction of sp³-hybridized carbons (Fsp3) is 0.545. The third-order valence-corrected chi connectivity index (χ3v) is 3.09. The van der Waals surface area contributed by atoms with Crippen molar-refractivity contribution in [3.63, 3.8) is 0 Å². The monoisotopic (exact) mass is 286 g/mol. The quantitative estimate of drug-likeness (QED) is 0.837. The maximum Gasteiger partial charge on any atom is 0.294 e. The van der Waals surface area contributed by atoms with Crippen LogP contribution in [0.3, 0.4) is 0 Å². The molecule has 0 unspecified atom stereocenters. The maximum absolute atomic E-state index is 12.2. The second-order valence-corrected chi connectivity index (χ2v) is 4.69. The number of halogens is 1. The number of hydroxylamine groups is 2. The van der Waals surface area contributed by atoms with Crippen LogP contribution in [0.15, 0.2) is 16.7 Å². The van der Waals surface area contributed by atoms with Crippen LogP contribution in [0.25, 0.3) is 0 Å². The van der Waals surface area contributed by atoms with Crippen LogP contribution in [0.5, 0.6) is 0 Å². The number of carbonyl (C=O) groups is 1. The van der Waals surface area contributed by atoms with Crippen molar-refractivity contribution >= 4 is 21.8 Å². The molecule has 0 spiro atoms. The van der Waals surface area contributed by atoms with E-state index in [2.05, 4.69) is 15.9 Å². The highest BCUT2D eigenvalue weighted by molar-refractivity contribution is 9.10. The lowest BCUT2D eigenvalue weighted by Gasteiger charge is -2.26. The molecule has 88 valence electrons. The Morgan fingerprint density at radius 2 is 2.38 bits per heavy atom. The van der Waals surface area contributed by atoms with Gasteiger partial charge < -0.3 is 4.57 Å². The van der Waals surface area contributed by atoms with Crippen molar-refractivity contribution in [1.82, 2.24) is 9.63 Å². The van der Waals surface area contributed by atoms with Gasteiger partial charge in [-0.3, -0.25) is 9.63 Å². The van der Waals surface area contributed by atoms with Gasteiger partial charge in [-0.2, -0.15) is 0 Å². The van der Waals surface area contributed by atoms with E-state index in [4.69, 9.17) is 4.84 Å². The molecule has 0 bridgehead atoms. The first kappa shape index (κ1) is 11.7. The lowest BCUT2D eigenvalue weighted by molar-refractivity contribution is -0.144. The molecule has 1 amide bonds. The molecule has 2 rings (SSSR count). The molecule has 1 aliphatic heterocycles. The molecule has 0 aromatic carbocycles. The number of hydrogen-bond acceptors (Lipinski definition) is 2. The summed E-state index contributed by atoms with van der Waals surface area (Å²) in [4.78, 5) is 17.5. The molecule has 0 aliphatic carbocycles. The van der Waals surface area contributed by atoms with Crippen LogP contribution in [-0.2, 0) is 11.4 Å². The fourth-order valence-electron chi connectivity index (χ4n) is 1.80. The lowest BCUT2D eigenvalue weighted by Crippen LogP contribution is -2.36. The van der Waals surface area contributed by atoms with E-state index in [0.29, 0.717) is 18.8 Å². The molecule has 0 N–H and O–H groups in total. The van der Waals surface area contributed by atoms with Crippen molar-refractivity contribution in [2.75, 3.05) is 13.2 Å². The van der Waals surface area contributed by atoms with Gasteiger partial charge >= 0.3 is 0 Å². The zero-order valence-electron chi connectivity index (χ0n) is 9.28. The summed E-state index contributed by atoms with van der Waals surface area (Å²) in [5.74, 6) is -0.0488. The molecular weight excluding hydrogens is 272 g/mol. The molecule has 5 heteroatoms. The lowest BCUT2D eigenvalue weighted by atomic mass is 10.3. The van der Waals surface area contributed by atoms with E-state index in [9.17, 15) is 4.79 Å². The summed E-state index contributed by atoms with van der Waals surface area (Å²) < 4.78 is 2.85. The van der Waals surface area contributed by atoms with E-state index in [1.165, 1.54) is 5.06 Å². The van der Waals surface area contributed by atoms with Crippen molar-refractivity contribution in [1.29, 1.82) is 0 Å². The molecular formula is C11H15BrN2O2. The largest absolute Gasteiger partial charge is 0.343 e. The smallest absolute Gasteiger partial charge is 0.294 e. The molecule has 0 radical (unpaired) electrons. The predicted molar refractivity (Wildman–Crippen MR) is 64.0 cm³/mol. The Kier molecular flexibility index (Phi) is 3.66. The third kappa shape index (κ3) is 2.30. The number of amides is 1. The van der Waals surface area contributed by atoms with Gasteiger partial charge in [0.2, 0.25) is 0 Å². The number of rotatable bonds is 2. The molecule has 1 saturated heterocycles. The van der Waals surface area contributed by atoms with Crippen molar-refractivity contribution in [3.8, 4) is 0 Å². The molecule has 1 fully saturated rings. The van der Waals surface area contributed by atoms with Crippen LogP contribution in [0.2, 0.25) is 0 Å². The Bertz CT molecular complexity index is 383. The molecule has 1 aromatic rings. The number of carbonyl (C=O) groups excluding carboxylic acids is 1. The number of nitrogens with zero attached hydrogens (tertiary/aromatic N) is 2. The van der Waals surface area contributed by atoms with Gasteiger partial charge in [0.05, 0.1) is 6.61 Å². The standard InChI is InChI=1S/C11H15BrN2O2/c1-2-13-8-9(12)7-10(13)11(15)14-5-3-4-6-16-14/h7-8H,2-6H2,1H3. The highest BCUT2D eigenvalue weighted by Gasteiger charge is 2.22. The second kappa shape index (κ2) is 5.01. The Balaban J connectivity index is 2.18. The van der Waals surface area contributed by atoms with Crippen LogP contribution in [0, 0.1) is 0 Å². The Morgan fingerprint density at radius 1 is 1.56 bits per heavy atom. The molecule has 16 heavy (non-hydrogen) atoms. The average Bonchev–Trinajstić information content (AvgIpc) is 2.70. The zero-order chi connectivity index (χ0) is 11.5. The van der Waals surface area contributed by atoms with E-state index in [1.807, 2.05) is 23.8 Å². The molecule has 4 nitrogen and oxygen atoms in total. The molecule has 0 atom stereocenters. The molecule has 2 heterocycles. The van der Waals surface area contributed by atoms with Crippen LogP contribution in [-0.4, -0.2) is 28.7 Å². The number of hydrogen-bond donors (Lipinski definition) is 0. The van der Waals surface area contributed by atoms with E-state index < -0.39 is 0 Å². The van der Waals surface area contributed by atoms with E-state index in [1.54, 1.807) is 0 Å². The molecule has 0 saturated carbocycles. The van der Waals surface area contributed by atoms with Gasteiger partial charge in [-0.05, 0) is 41.8 Å². The maximum atomic E-state index is 12.2. The van der Waals surface area contributed by atoms with E-state index in [0.717, 1.165) is 23.9 Å². The topological polar surface area (TPSA) is 34.5 Å². The van der Waals surface area contributed by atoms with Crippen molar-refractivity contribution < 1.29 is 9.63 Å². The first-order chi connectivity index (χ1) is 7.72. The van der Waals surface area contributed by atoms with Crippen LogP contribution >= 0.6 is 15.9 Å². The SMILES string of the molecule is CCn1cc(Br)cc1C(=O)N1CCCCO1. The Hall–Kier alpha value is -0.810. The van der Waals surface area contributed by atoms with Gasteiger partial charge in [0.15, 0.2) is 0 Å². The molecule has 1 aliphatic rings. The number of aromatic nitrogens is 1. The minimum atomic E-state index is -0.0488. The predicted octanol–water partition coefficient (Wildman–Crippen LogP) is 2.44. The second-order valence-electron chi connectivity index (χ2n) is 3.78. The summed E-state index contributed by atoms with van der Waals surface area (Å²) in [6, 6.07) is 1.84. The van der Waals surface area contributed by atoms with Gasteiger partial charge in [0.25, 0.3) is 5.91 Å². The summed E-state index contributed by atoms with van der Waals surface area (Å²) >= 11 is 3.38. The zero-order valence-corrected chi connectivity index (χ0v) is 10.9. The van der Waals surface area contributed by atoms with Crippen LogP contribution in [0.4, 0.5) is 0 Å². The van der Waals surface area contributed by atoms with Crippen molar-refractivity contribution in [2.24, 2.45) is 0 Å². The summed E-state index contributed by atoms with van der Waals surface area (Å²) in [5.41, 5.74) is 0.677. The first-order valence-electron chi connectivity index (χ1n) is 5.53. The molecule has 1 aromatic heterocycles. The normalized spacial score (nSPS) is 16.5. The van der Waals surface area contributed by atoms with Gasteiger partial charge in [0, 0.05) is 23.8 Å². The summed E-state index contributed by atoms with van der Waals surface area (Å²) in [6.07, 6.45) is 3.96. The van der Waals surface area contributed by atoms with Gasteiger partial charge in [0.1, 0.15) is 5.69 Å². The minimum Gasteiger partial charge on any atom is -0.343 e. The van der Waals surface area contributed by atoms with Crippen LogP contribution in [0.1, 0.15) is 30.3 Å².